The van der Waals surface area contributed by atoms with Crippen molar-refractivity contribution in [1.82, 2.24) is 4.90 Å². The maximum atomic E-state index is 2.63. The van der Waals surface area contributed by atoms with Gasteiger partial charge in [0.05, 0.1) is 0 Å². The molecule has 4 fully saturated rings. The van der Waals surface area contributed by atoms with E-state index in [9.17, 15) is 0 Å². The van der Waals surface area contributed by atoms with Crippen LogP contribution in [0.1, 0.15) is 184 Å². The molecule has 4 heterocycles. The molecule has 4 aliphatic rings. The third kappa shape index (κ3) is 15.8. The highest BCUT2D eigenvalue weighted by Gasteiger charge is 2.41. The van der Waals surface area contributed by atoms with Gasteiger partial charge in [-0.2, -0.15) is 0 Å². The highest BCUT2D eigenvalue weighted by molar-refractivity contribution is 5.54. The van der Waals surface area contributed by atoms with E-state index >= 15 is 0 Å². The van der Waals surface area contributed by atoms with Gasteiger partial charge in [0.25, 0.3) is 0 Å². The van der Waals surface area contributed by atoms with Gasteiger partial charge >= 0.3 is 0 Å². The molecule has 8 rings (SSSR count). The number of hydrogen-bond donors (Lipinski definition) is 0. The van der Waals surface area contributed by atoms with E-state index in [0.29, 0.717) is 0 Å². The molecule has 0 bridgehead atoms. The predicted octanol–water partition coefficient (Wildman–Crippen LogP) is 15.8. The number of rotatable bonds is 4. The van der Waals surface area contributed by atoms with E-state index in [1.54, 1.807) is 0 Å². The van der Waals surface area contributed by atoms with Crippen LogP contribution < -0.4 is 19.6 Å². The second kappa shape index (κ2) is 22.9. The van der Waals surface area contributed by atoms with Gasteiger partial charge in [0.2, 0.25) is 0 Å². The Bertz CT molecular complexity index is 2050. The van der Waals surface area contributed by atoms with E-state index in [-0.39, 0.29) is 32.7 Å². The van der Waals surface area contributed by atoms with E-state index in [1.165, 1.54) is 136 Å². The highest BCUT2D eigenvalue weighted by Crippen LogP contribution is 2.42. The summed E-state index contributed by atoms with van der Waals surface area (Å²) in [6, 6.07) is 36.5. The fourth-order valence-corrected chi connectivity index (χ4v) is 10.5. The van der Waals surface area contributed by atoms with Crippen molar-refractivity contribution in [3.8, 4) is 0 Å². The lowest BCUT2D eigenvalue weighted by Gasteiger charge is -2.54. The molecule has 0 aromatic heterocycles. The van der Waals surface area contributed by atoms with E-state index in [2.05, 4.69) is 239 Å². The third-order valence-corrected chi connectivity index (χ3v) is 15.0. The van der Waals surface area contributed by atoms with Gasteiger partial charge in [-0.25, -0.2) is 0 Å². The lowest BCUT2D eigenvalue weighted by Crippen LogP contribution is -2.59. The SMILES string of the molecule is CC(C)(C)c1ccc(N2C(C)(C)CCCC2(C)C)cc1.CC(C)(C)c1ccc(N2CCCC2)cc1.CC(C)(C)c1ccc(N2CCCCC2)cc1.CN1CCN(c2ccc(C(C)(C)C)cc2)CC1. The van der Waals surface area contributed by atoms with Crippen LogP contribution in [0.4, 0.5) is 22.7 Å². The van der Waals surface area contributed by atoms with Gasteiger partial charge in [-0.05, 0) is 179 Å². The number of nitrogens with zero attached hydrogens (tertiary/aromatic N) is 5. The quantitative estimate of drug-likeness (QED) is 0.202. The first-order chi connectivity index (χ1) is 31.6. The molecule has 4 aliphatic heterocycles. The molecule has 0 N–H and O–H groups in total. The Kier molecular flexibility index (Phi) is 18.5. The number of likely N-dealkylation sites (N-methyl/N-ethyl adjacent to an activating group) is 1. The fourth-order valence-electron chi connectivity index (χ4n) is 10.5. The Morgan fingerprint density at radius 2 is 0.559 bits per heavy atom. The van der Waals surface area contributed by atoms with Crippen LogP contribution in [-0.4, -0.2) is 75.4 Å². The van der Waals surface area contributed by atoms with E-state index in [1.807, 2.05) is 0 Å². The largest absolute Gasteiger partial charge is 0.372 e. The van der Waals surface area contributed by atoms with Crippen LogP contribution in [0.5, 0.6) is 0 Å². The Labute approximate surface area is 419 Å². The molecular formula is C63H99N5. The first-order valence-electron chi connectivity index (χ1n) is 26.8. The second-order valence-electron chi connectivity index (χ2n) is 26.0. The molecule has 0 radical (unpaired) electrons. The molecule has 5 heteroatoms. The maximum Gasteiger partial charge on any atom is 0.0375 e. The summed E-state index contributed by atoms with van der Waals surface area (Å²) in [5.41, 5.74) is 12.7. The predicted molar refractivity (Wildman–Crippen MR) is 302 cm³/mol. The van der Waals surface area contributed by atoms with Crippen LogP contribution in [0.3, 0.4) is 0 Å². The van der Waals surface area contributed by atoms with Crippen molar-refractivity contribution < 1.29 is 0 Å². The molecule has 5 nitrogen and oxygen atoms in total. The average Bonchev–Trinajstić information content (AvgIpc) is 3.82. The van der Waals surface area contributed by atoms with Crippen molar-refractivity contribution in [3.05, 3.63) is 119 Å². The topological polar surface area (TPSA) is 16.2 Å². The summed E-state index contributed by atoms with van der Waals surface area (Å²) < 4.78 is 0. The van der Waals surface area contributed by atoms with E-state index in [0.717, 1.165) is 13.1 Å². The zero-order valence-electron chi connectivity index (χ0n) is 46.8. The molecule has 68 heavy (non-hydrogen) atoms. The van der Waals surface area contributed by atoms with Gasteiger partial charge in [0, 0.05) is 86.2 Å². The zero-order valence-corrected chi connectivity index (χ0v) is 46.8. The summed E-state index contributed by atoms with van der Waals surface area (Å²) in [6.45, 7) is 46.3. The monoisotopic (exact) mass is 926 g/mol. The summed E-state index contributed by atoms with van der Waals surface area (Å²) in [7, 11) is 2.19. The molecule has 0 spiro atoms. The summed E-state index contributed by atoms with van der Waals surface area (Å²) in [5, 5.41) is 0. The zero-order chi connectivity index (χ0) is 50.1. The van der Waals surface area contributed by atoms with Gasteiger partial charge in [-0.15, -0.1) is 0 Å². The summed E-state index contributed by atoms with van der Waals surface area (Å²) in [5.74, 6) is 0. The molecule has 376 valence electrons. The van der Waals surface area contributed by atoms with Crippen molar-refractivity contribution in [3.63, 3.8) is 0 Å². The Balaban J connectivity index is 0.000000170. The van der Waals surface area contributed by atoms with Gasteiger partial charge in [0.1, 0.15) is 0 Å². The summed E-state index contributed by atoms with van der Waals surface area (Å²) in [6.07, 6.45) is 10.7. The highest BCUT2D eigenvalue weighted by atomic mass is 15.3. The molecule has 4 saturated heterocycles. The Morgan fingerprint density at radius 3 is 0.838 bits per heavy atom. The standard InChI is InChI=1S/C19H31N.C15H24N2.C15H23N.C14H21N/c1-17(2,3)15-9-11-16(12-10-15)20-18(4,5)13-8-14-19(20,6)7;1-15(2,3)13-5-7-14(8-6-13)17-11-9-16(4)10-12-17;1-15(2,3)13-7-9-14(10-8-13)16-11-5-4-6-12-16;1-14(2,3)12-6-8-13(9-7-12)15-10-4-5-11-15/h9-12H,8,13-14H2,1-7H3;5-8H,9-12H2,1-4H3;7-10H,4-6,11-12H2,1-3H3;6-9H,4-5,10-11H2,1-3H3. The number of anilines is 4. The van der Waals surface area contributed by atoms with Crippen LogP contribution in [0.25, 0.3) is 0 Å². The van der Waals surface area contributed by atoms with Crippen LogP contribution in [0, 0.1) is 0 Å². The normalized spacial score (nSPS) is 19.0. The minimum absolute atomic E-state index is 0.228. The average molecular weight is 927 g/mol. The number of hydrogen-bond acceptors (Lipinski definition) is 5. The molecule has 0 aliphatic carbocycles. The molecule has 4 aromatic carbocycles. The van der Waals surface area contributed by atoms with Crippen LogP contribution in [0.2, 0.25) is 0 Å². The van der Waals surface area contributed by atoms with E-state index in [4.69, 9.17) is 0 Å². The number of piperazine rings is 1. The van der Waals surface area contributed by atoms with Crippen molar-refractivity contribution in [2.75, 3.05) is 79.0 Å². The van der Waals surface area contributed by atoms with Gasteiger partial charge in [-0.1, -0.05) is 132 Å². The smallest absolute Gasteiger partial charge is 0.0375 e. The van der Waals surface area contributed by atoms with Crippen molar-refractivity contribution in [1.29, 1.82) is 0 Å². The second-order valence-corrected chi connectivity index (χ2v) is 26.0. The molecule has 0 atom stereocenters. The molecule has 0 unspecified atom stereocenters. The third-order valence-electron chi connectivity index (χ3n) is 15.0. The number of benzene rings is 4. The van der Waals surface area contributed by atoms with E-state index < -0.39 is 0 Å². The van der Waals surface area contributed by atoms with Crippen LogP contribution in [-0.2, 0) is 21.7 Å². The maximum absolute atomic E-state index is 2.63. The van der Waals surface area contributed by atoms with Gasteiger partial charge in [0.15, 0.2) is 0 Å². The summed E-state index contributed by atoms with van der Waals surface area (Å²) >= 11 is 0. The molecule has 4 aromatic rings. The lowest BCUT2D eigenvalue weighted by atomic mass is 9.79. The van der Waals surface area contributed by atoms with Gasteiger partial charge < -0.3 is 24.5 Å². The fraction of sp³-hybridized carbons (Fsp3) is 0.619. The van der Waals surface area contributed by atoms with Crippen molar-refractivity contribution in [2.24, 2.45) is 0 Å². The minimum atomic E-state index is 0.228. The first-order valence-corrected chi connectivity index (χ1v) is 26.8. The Morgan fingerprint density at radius 1 is 0.309 bits per heavy atom. The van der Waals surface area contributed by atoms with Crippen LogP contribution in [0.15, 0.2) is 97.1 Å². The van der Waals surface area contributed by atoms with Gasteiger partial charge in [-0.3, -0.25) is 0 Å². The van der Waals surface area contributed by atoms with Crippen molar-refractivity contribution in [2.45, 2.75) is 195 Å². The molecular weight excluding hydrogens is 827 g/mol. The molecule has 0 amide bonds. The molecule has 0 saturated carbocycles. The first kappa shape index (κ1) is 55.0. The minimum Gasteiger partial charge on any atom is -0.372 e. The lowest BCUT2D eigenvalue weighted by molar-refractivity contribution is 0.244. The number of piperidine rings is 2. The van der Waals surface area contributed by atoms with Crippen molar-refractivity contribution >= 4 is 22.7 Å². The van der Waals surface area contributed by atoms with Crippen LogP contribution >= 0.6 is 0 Å². The Hall–Kier alpha value is -3.96. The summed E-state index contributed by atoms with van der Waals surface area (Å²) in [4.78, 5) is 12.5.